The lowest BCUT2D eigenvalue weighted by Crippen LogP contribution is -2.26. The molecule has 0 spiro atoms. The average Bonchev–Trinajstić information content (AvgIpc) is 3.06. The lowest BCUT2D eigenvalue weighted by Gasteiger charge is -2.29. The zero-order valence-electron chi connectivity index (χ0n) is 26.7. The predicted octanol–water partition coefficient (Wildman–Crippen LogP) is 6.15. The van der Waals surface area contributed by atoms with E-state index in [0.29, 0.717) is 54.1 Å². The third-order valence-corrected chi connectivity index (χ3v) is 7.66. The van der Waals surface area contributed by atoms with Gasteiger partial charge in [-0.15, -0.1) is 0 Å². The van der Waals surface area contributed by atoms with Crippen LogP contribution in [-0.4, -0.2) is 47.6 Å². The van der Waals surface area contributed by atoms with E-state index in [9.17, 15) is 0 Å². The molecule has 234 valence electrons. The van der Waals surface area contributed by atoms with Gasteiger partial charge in [0.1, 0.15) is 34.5 Å². The topological polar surface area (TPSA) is 110 Å². The molecule has 3 aromatic carbocycles. The quantitative estimate of drug-likeness (QED) is 0.174. The van der Waals surface area contributed by atoms with Gasteiger partial charge in [0.25, 0.3) is 0 Å². The molecule has 3 N–H and O–H groups in total. The van der Waals surface area contributed by atoms with Crippen molar-refractivity contribution < 1.29 is 28.4 Å². The number of hydrogen-bond acceptors (Lipinski definition) is 10. The Kier molecular flexibility index (Phi) is 10.5. The van der Waals surface area contributed by atoms with E-state index in [1.54, 1.807) is 42.7 Å². The summed E-state index contributed by atoms with van der Waals surface area (Å²) in [4.78, 5) is 7.12. The molecule has 0 fully saturated rings. The highest BCUT2D eigenvalue weighted by molar-refractivity contribution is 5.81. The molecule has 0 bridgehead atoms. The van der Waals surface area contributed by atoms with E-state index in [1.807, 2.05) is 68.4 Å². The molecule has 0 unspecified atom stereocenters. The van der Waals surface area contributed by atoms with Crippen LogP contribution in [0.15, 0.2) is 54.6 Å². The largest absolute Gasteiger partial charge is 0.497 e. The minimum Gasteiger partial charge on any atom is -0.497 e. The van der Waals surface area contributed by atoms with Crippen LogP contribution in [0.2, 0.25) is 0 Å². The highest BCUT2D eigenvalue weighted by Gasteiger charge is 2.22. The van der Waals surface area contributed by atoms with Crippen LogP contribution in [0.25, 0.3) is 0 Å². The number of benzene rings is 3. The fraction of sp³-hybridized carbons (Fsp3) is 0.324. The first kappa shape index (κ1) is 31.9. The summed E-state index contributed by atoms with van der Waals surface area (Å²) in [7, 11) is 9.83. The van der Waals surface area contributed by atoms with Gasteiger partial charge >= 0.3 is 0 Å². The molecule has 0 saturated heterocycles. The summed E-state index contributed by atoms with van der Waals surface area (Å²) in [6.45, 7) is 5.39. The molecule has 10 nitrogen and oxygen atoms in total. The number of nitrogens with one attached hydrogen (secondary N) is 1. The number of aryl methyl sites for hydroxylation is 1. The molecule has 0 aliphatic carbocycles. The van der Waals surface area contributed by atoms with Crippen LogP contribution in [0.1, 0.15) is 27.9 Å². The van der Waals surface area contributed by atoms with Crippen LogP contribution < -0.4 is 44.4 Å². The van der Waals surface area contributed by atoms with Crippen LogP contribution in [0.4, 0.5) is 17.2 Å². The van der Waals surface area contributed by atoms with Crippen molar-refractivity contribution in [2.45, 2.75) is 33.5 Å². The zero-order chi connectivity index (χ0) is 31.8. The minimum absolute atomic E-state index is 0.452. The first-order valence-electron chi connectivity index (χ1n) is 14.1. The number of nitrogen functional groups attached to an aromatic ring is 1. The molecule has 0 radical (unpaired) electrons. The monoisotopic (exact) mass is 602 g/mol. The molecular formula is C34H42N4O6. The molecule has 0 aliphatic heterocycles. The Labute approximate surface area is 259 Å². The van der Waals surface area contributed by atoms with Crippen molar-refractivity contribution in [3.05, 3.63) is 82.5 Å². The fourth-order valence-electron chi connectivity index (χ4n) is 5.03. The molecule has 10 heteroatoms. The SMILES string of the molecule is COc1ccc(CNc2c(C)c(C)nc(N(Cc3ccc(OC)cc3OC)Cc3ccc(OC)cc3OC)c2N)c(OC)c1. The number of rotatable bonds is 14. The van der Waals surface area contributed by atoms with Crippen molar-refractivity contribution >= 4 is 17.2 Å². The second kappa shape index (κ2) is 14.5. The van der Waals surface area contributed by atoms with E-state index in [0.717, 1.165) is 45.1 Å². The molecular weight excluding hydrogens is 560 g/mol. The molecule has 0 aliphatic rings. The van der Waals surface area contributed by atoms with Gasteiger partial charge in [0.15, 0.2) is 5.82 Å². The summed E-state index contributed by atoms with van der Waals surface area (Å²) < 4.78 is 33.3. The average molecular weight is 603 g/mol. The van der Waals surface area contributed by atoms with Gasteiger partial charge < -0.3 is 44.4 Å². The van der Waals surface area contributed by atoms with Crippen LogP contribution >= 0.6 is 0 Å². The van der Waals surface area contributed by atoms with Crippen molar-refractivity contribution in [2.75, 3.05) is 58.6 Å². The van der Waals surface area contributed by atoms with Crippen molar-refractivity contribution in [1.82, 2.24) is 4.98 Å². The number of hydrogen-bond donors (Lipinski definition) is 2. The second-order valence-electron chi connectivity index (χ2n) is 10.2. The highest BCUT2D eigenvalue weighted by Crippen LogP contribution is 2.38. The van der Waals surface area contributed by atoms with E-state index in [4.69, 9.17) is 39.1 Å². The van der Waals surface area contributed by atoms with Gasteiger partial charge in [-0.2, -0.15) is 0 Å². The maximum absolute atomic E-state index is 6.95. The van der Waals surface area contributed by atoms with Crippen LogP contribution in [0.3, 0.4) is 0 Å². The first-order chi connectivity index (χ1) is 21.3. The van der Waals surface area contributed by atoms with E-state index in [1.165, 1.54) is 0 Å². The number of nitrogens with zero attached hydrogens (tertiary/aromatic N) is 2. The smallest absolute Gasteiger partial charge is 0.154 e. The number of anilines is 3. The van der Waals surface area contributed by atoms with Crippen molar-refractivity contribution in [3.8, 4) is 34.5 Å². The van der Waals surface area contributed by atoms with Crippen molar-refractivity contribution in [2.24, 2.45) is 0 Å². The maximum atomic E-state index is 6.95. The van der Waals surface area contributed by atoms with Crippen molar-refractivity contribution in [1.29, 1.82) is 0 Å². The fourth-order valence-corrected chi connectivity index (χ4v) is 5.03. The van der Waals surface area contributed by atoms with Crippen molar-refractivity contribution in [3.63, 3.8) is 0 Å². The number of ether oxygens (including phenoxy) is 6. The lowest BCUT2D eigenvalue weighted by molar-refractivity contribution is 0.389. The van der Waals surface area contributed by atoms with Gasteiger partial charge in [0, 0.05) is 60.2 Å². The van der Waals surface area contributed by atoms with Crippen LogP contribution in [0, 0.1) is 13.8 Å². The Morgan fingerprint density at radius 2 is 1.07 bits per heavy atom. The number of aromatic nitrogens is 1. The zero-order valence-corrected chi connectivity index (χ0v) is 26.7. The van der Waals surface area contributed by atoms with Crippen LogP contribution in [-0.2, 0) is 19.6 Å². The molecule has 0 saturated carbocycles. The third kappa shape index (κ3) is 6.96. The molecule has 4 rings (SSSR count). The van der Waals surface area contributed by atoms with Gasteiger partial charge in [-0.3, -0.25) is 0 Å². The Balaban J connectivity index is 1.78. The number of methoxy groups -OCH3 is 6. The molecule has 1 aromatic heterocycles. The number of pyridine rings is 1. The summed E-state index contributed by atoms with van der Waals surface area (Å²) >= 11 is 0. The lowest BCUT2D eigenvalue weighted by atomic mass is 10.1. The van der Waals surface area contributed by atoms with Gasteiger partial charge in [0.2, 0.25) is 0 Å². The normalized spacial score (nSPS) is 10.6. The predicted molar refractivity (Wildman–Crippen MR) is 174 cm³/mol. The molecule has 4 aromatic rings. The molecule has 1 heterocycles. The van der Waals surface area contributed by atoms with Gasteiger partial charge in [-0.1, -0.05) is 0 Å². The van der Waals surface area contributed by atoms with Gasteiger partial charge in [-0.05, 0) is 55.8 Å². The molecule has 44 heavy (non-hydrogen) atoms. The standard InChI is InChI=1S/C34H42N4O6/c1-21-22(2)37-34(32(35)33(21)36-18-23-9-12-26(39-3)15-29(23)42-6)38(19-24-10-13-27(40-4)16-30(24)43-7)20-25-11-14-28(41-5)17-31(25)44-8/h9-17H,18-20,35H2,1-8H3,(H,36,37). The van der Waals surface area contributed by atoms with E-state index < -0.39 is 0 Å². The Hall–Kier alpha value is -4.99. The summed E-state index contributed by atoms with van der Waals surface area (Å²) in [6.07, 6.45) is 0. The van der Waals surface area contributed by atoms with E-state index in [2.05, 4.69) is 10.2 Å². The summed E-state index contributed by atoms with van der Waals surface area (Å²) in [5.74, 6) is 4.89. The molecule has 0 amide bonds. The number of nitrogens with two attached hydrogens (primary N) is 1. The Morgan fingerprint density at radius 1 is 0.636 bits per heavy atom. The van der Waals surface area contributed by atoms with Gasteiger partial charge in [-0.25, -0.2) is 4.98 Å². The Bertz CT molecular complexity index is 1540. The first-order valence-corrected chi connectivity index (χ1v) is 14.1. The third-order valence-electron chi connectivity index (χ3n) is 7.66. The van der Waals surface area contributed by atoms with Gasteiger partial charge in [0.05, 0.1) is 54.0 Å². The Morgan fingerprint density at radius 3 is 1.50 bits per heavy atom. The van der Waals surface area contributed by atoms with E-state index in [-0.39, 0.29) is 0 Å². The summed E-state index contributed by atoms with van der Waals surface area (Å²) in [5, 5.41) is 3.55. The minimum atomic E-state index is 0.452. The molecule has 0 atom stereocenters. The second-order valence-corrected chi connectivity index (χ2v) is 10.2. The summed E-state index contributed by atoms with van der Waals surface area (Å²) in [5.41, 5.74) is 12.9. The van der Waals surface area contributed by atoms with E-state index >= 15 is 0 Å². The highest BCUT2D eigenvalue weighted by atomic mass is 16.5. The summed E-state index contributed by atoms with van der Waals surface area (Å²) in [6, 6.07) is 17.3. The van der Waals surface area contributed by atoms with Crippen LogP contribution in [0.5, 0.6) is 34.5 Å². The maximum Gasteiger partial charge on any atom is 0.154 e.